The van der Waals surface area contributed by atoms with Crippen molar-refractivity contribution in [2.24, 2.45) is 0 Å². The minimum Gasteiger partial charge on any atom is -0.463 e. The van der Waals surface area contributed by atoms with Crippen molar-refractivity contribution >= 4 is 34.9 Å². The zero-order valence-corrected chi connectivity index (χ0v) is 24.6. The lowest BCUT2D eigenvalue weighted by molar-refractivity contribution is -0.157. The molecule has 0 saturated heterocycles. The minimum atomic E-state index is -0.648. The zero-order chi connectivity index (χ0) is 29.0. The largest absolute Gasteiger partial charge is 0.463 e. The number of carbonyl (C=O) groups excluding carboxylic acids is 2. The summed E-state index contributed by atoms with van der Waals surface area (Å²) in [5.41, 5.74) is 12.5. The van der Waals surface area contributed by atoms with Crippen molar-refractivity contribution in [3.63, 3.8) is 0 Å². The Morgan fingerprint density at radius 3 is 1.80 bits per heavy atom. The molecule has 2 rings (SSSR count). The quantitative estimate of drug-likeness (QED) is 0.127. The summed E-state index contributed by atoms with van der Waals surface area (Å²) in [6.45, 7) is 4.38. The van der Waals surface area contributed by atoms with Crippen LogP contribution in [-0.2, 0) is 30.5 Å². The number of nitrogen functional groups attached to an aromatic ring is 2. The molecule has 2 aromatic rings. The van der Waals surface area contributed by atoms with Crippen molar-refractivity contribution in [1.29, 1.82) is 0 Å². The maximum absolute atomic E-state index is 12.3. The van der Waals surface area contributed by atoms with Crippen LogP contribution in [0.15, 0.2) is 6.33 Å². The van der Waals surface area contributed by atoms with Crippen LogP contribution in [-0.4, -0.2) is 50.8 Å². The Morgan fingerprint density at radius 1 is 0.775 bits per heavy atom. The summed E-state index contributed by atoms with van der Waals surface area (Å²) in [6.07, 6.45) is 17.3. The summed E-state index contributed by atoms with van der Waals surface area (Å²) in [5.74, 6) is -0.353. The number of rotatable bonds is 23. The van der Waals surface area contributed by atoms with Gasteiger partial charge >= 0.3 is 11.9 Å². The number of anilines is 2. The molecule has 0 aliphatic carbocycles. The molecule has 11 heteroatoms. The number of aromatic nitrogens is 4. The van der Waals surface area contributed by atoms with Crippen LogP contribution in [0.2, 0.25) is 0 Å². The second kappa shape index (κ2) is 20.0. The van der Waals surface area contributed by atoms with Gasteiger partial charge in [0, 0.05) is 12.8 Å². The molecular formula is C29H50N6O5. The molecule has 0 fully saturated rings. The molecule has 11 nitrogen and oxygen atoms in total. The Kier molecular flexibility index (Phi) is 16.6. The van der Waals surface area contributed by atoms with E-state index in [1.807, 2.05) is 0 Å². The number of unbranched alkanes of at least 4 members (excludes halogenated alkanes) is 12. The smallest absolute Gasteiger partial charge is 0.305 e. The normalized spacial score (nSPS) is 11.4. The summed E-state index contributed by atoms with van der Waals surface area (Å²) >= 11 is 0. The maximum Gasteiger partial charge on any atom is 0.305 e. The van der Waals surface area contributed by atoms with Gasteiger partial charge in [0.05, 0.1) is 6.33 Å². The van der Waals surface area contributed by atoms with E-state index in [9.17, 15) is 9.59 Å². The zero-order valence-electron chi connectivity index (χ0n) is 24.6. The summed E-state index contributed by atoms with van der Waals surface area (Å²) in [4.78, 5) is 37.0. The molecule has 0 bridgehead atoms. The van der Waals surface area contributed by atoms with E-state index in [1.54, 1.807) is 4.57 Å². The van der Waals surface area contributed by atoms with E-state index in [2.05, 4.69) is 28.8 Å². The molecular weight excluding hydrogens is 512 g/mol. The van der Waals surface area contributed by atoms with Crippen molar-refractivity contribution in [3.8, 4) is 0 Å². The van der Waals surface area contributed by atoms with E-state index < -0.39 is 6.10 Å². The Labute approximate surface area is 238 Å². The lowest BCUT2D eigenvalue weighted by Gasteiger charge is -2.18. The number of ether oxygens (including phenoxy) is 3. The molecule has 0 saturated carbocycles. The predicted octanol–water partition coefficient (Wildman–Crippen LogP) is 5.70. The van der Waals surface area contributed by atoms with Gasteiger partial charge in [-0.2, -0.15) is 9.97 Å². The number of fused-ring (bicyclic) bond motifs is 1. The van der Waals surface area contributed by atoms with Gasteiger partial charge in [0.25, 0.3) is 0 Å². The van der Waals surface area contributed by atoms with E-state index in [1.165, 1.54) is 57.7 Å². The molecule has 226 valence electrons. The highest BCUT2D eigenvalue weighted by Crippen LogP contribution is 2.17. The fraction of sp³-hybridized carbons (Fsp3) is 0.759. The molecule has 0 aliphatic heterocycles. The van der Waals surface area contributed by atoms with Crippen molar-refractivity contribution in [1.82, 2.24) is 19.5 Å². The van der Waals surface area contributed by atoms with Gasteiger partial charge in [0.1, 0.15) is 31.6 Å². The first-order valence-corrected chi connectivity index (χ1v) is 15.1. The average molecular weight is 563 g/mol. The molecule has 0 spiro atoms. The second-order valence-electron chi connectivity index (χ2n) is 10.4. The fourth-order valence-electron chi connectivity index (χ4n) is 4.38. The van der Waals surface area contributed by atoms with E-state index >= 15 is 0 Å². The molecule has 2 aromatic heterocycles. The van der Waals surface area contributed by atoms with Gasteiger partial charge in [-0.25, -0.2) is 4.98 Å². The van der Waals surface area contributed by atoms with Crippen molar-refractivity contribution in [3.05, 3.63) is 6.33 Å². The first-order valence-electron chi connectivity index (χ1n) is 15.1. The van der Waals surface area contributed by atoms with Crippen LogP contribution < -0.4 is 11.5 Å². The molecule has 0 atom stereocenters. The van der Waals surface area contributed by atoms with Gasteiger partial charge < -0.3 is 25.7 Å². The maximum atomic E-state index is 12.3. The van der Waals surface area contributed by atoms with E-state index in [0.717, 1.165) is 38.5 Å². The summed E-state index contributed by atoms with van der Waals surface area (Å²) < 4.78 is 18.5. The van der Waals surface area contributed by atoms with Crippen molar-refractivity contribution < 1.29 is 23.8 Å². The molecule has 0 radical (unpaired) electrons. The summed E-state index contributed by atoms with van der Waals surface area (Å²) in [5, 5.41) is 0. The average Bonchev–Trinajstić information content (AvgIpc) is 3.34. The van der Waals surface area contributed by atoms with Crippen molar-refractivity contribution in [2.45, 2.75) is 129 Å². The Bertz CT molecular complexity index is 965. The lowest BCUT2D eigenvalue weighted by Crippen LogP contribution is -2.29. The van der Waals surface area contributed by atoms with E-state index in [4.69, 9.17) is 25.7 Å². The Hall–Kier alpha value is -2.95. The van der Waals surface area contributed by atoms with Gasteiger partial charge in [-0.3, -0.25) is 14.2 Å². The highest BCUT2D eigenvalue weighted by atomic mass is 16.6. The van der Waals surface area contributed by atoms with Gasteiger partial charge in [-0.1, -0.05) is 90.9 Å². The molecule has 2 heterocycles. The molecule has 0 aromatic carbocycles. The van der Waals surface area contributed by atoms with Crippen LogP contribution in [0.3, 0.4) is 0 Å². The van der Waals surface area contributed by atoms with Gasteiger partial charge in [-0.15, -0.1) is 0 Å². The highest BCUT2D eigenvalue weighted by Gasteiger charge is 2.18. The lowest BCUT2D eigenvalue weighted by atomic mass is 10.1. The number of nitrogens with zero attached hydrogens (tertiary/aromatic N) is 4. The molecule has 0 unspecified atom stereocenters. The molecule has 40 heavy (non-hydrogen) atoms. The van der Waals surface area contributed by atoms with Gasteiger partial charge in [0.2, 0.25) is 5.95 Å². The fourth-order valence-corrected chi connectivity index (χ4v) is 4.38. The minimum absolute atomic E-state index is 0.0219. The third-order valence-electron chi connectivity index (χ3n) is 6.79. The van der Waals surface area contributed by atoms with Gasteiger partial charge in [0.15, 0.2) is 11.5 Å². The number of imidazole rings is 1. The number of carbonyl (C=O) groups is 2. The van der Waals surface area contributed by atoms with E-state index in [0.29, 0.717) is 24.0 Å². The summed E-state index contributed by atoms with van der Waals surface area (Å²) in [7, 11) is 0. The Balaban J connectivity index is 1.81. The standard InChI is InChI=1S/C29H50N6O5/c1-3-5-7-9-11-13-15-17-24(36)38-19-23(20-39-25(37)18-16-14-12-10-8-6-4-2)40-22-35-21-32-26-27(30)33-29(31)34-28(26)35/h21,23H,3-20,22H2,1-2H3,(H4,30,31,33,34). The van der Waals surface area contributed by atoms with Crippen LogP contribution in [0.1, 0.15) is 117 Å². The molecule has 4 N–H and O–H groups in total. The third kappa shape index (κ3) is 13.4. The topological polar surface area (TPSA) is 157 Å². The van der Waals surface area contributed by atoms with Crippen LogP contribution >= 0.6 is 0 Å². The monoisotopic (exact) mass is 562 g/mol. The van der Waals surface area contributed by atoms with Crippen LogP contribution in [0.25, 0.3) is 11.2 Å². The van der Waals surface area contributed by atoms with Crippen LogP contribution in [0, 0.1) is 0 Å². The Morgan fingerprint density at radius 2 is 1.27 bits per heavy atom. The second-order valence-corrected chi connectivity index (χ2v) is 10.4. The predicted molar refractivity (Wildman–Crippen MR) is 156 cm³/mol. The van der Waals surface area contributed by atoms with Gasteiger partial charge in [-0.05, 0) is 12.8 Å². The SMILES string of the molecule is CCCCCCCCCC(=O)OCC(COC(=O)CCCCCCCCC)OCn1cnc2c(N)nc(N)nc21. The molecule has 0 aliphatic rings. The van der Waals surface area contributed by atoms with Crippen LogP contribution in [0.4, 0.5) is 11.8 Å². The number of esters is 2. The number of hydrogen-bond donors (Lipinski definition) is 2. The molecule has 0 amide bonds. The van der Waals surface area contributed by atoms with E-state index in [-0.39, 0.29) is 43.6 Å². The first kappa shape index (κ1) is 33.3. The highest BCUT2D eigenvalue weighted by molar-refractivity contribution is 5.82. The number of hydrogen-bond acceptors (Lipinski definition) is 10. The summed E-state index contributed by atoms with van der Waals surface area (Å²) in [6, 6.07) is 0. The van der Waals surface area contributed by atoms with Crippen molar-refractivity contribution in [2.75, 3.05) is 24.7 Å². The first-order chi connectivity index (χ1) is 19.4. The van der Waals surface area contributed by atoms with Crippen LogP contribution in [0.5, 0.6) is 0 Å². The number of nitrogens with two attached hydrogens (primary N) is 2. The third-order valence-corrected chi connectivity index (χ3v) is 6.79.